The summed E-state index contributed by atoms with van der Waals surface area (Å²) in [6, 6.07) is 0. The molecule has 0 aliphatic carbocycles. The van der Waals surface area contributed by atoms with E-state index < -0.39 is 0 Å². The van der Waals surface area contributed by atoms with Crippen molar-refractivity contribution in [2.75, 3.05) is 5.33 Å². The molecule has 0 atom stereocenters. The first-order valence-corrected chi connectivity index (χ1v) is 4.39. The van der Waals surface area contributed by atoms with Crippen LogP contribution in [0.2, 0.25) is 0 Å². The zero-order valence-electron chi connectivity index (χ0n) is 6.85. The number of carbonyl (C=O) groups is 1. The minimum atomic E-state index is 0. The van der Waals surface area contributed by atoms with Crippen molar-refractivity contribution in [1.29, 1.82) is 0 Å². The molecule has 0 aliphatic heterocycles. The van der Waals surface area contributed by atoms with Crippen molar-refractivity contribution >= 4 is 38.7 Å². The number of carbonyl (C=O) groups excluding carboxylic acids is 1. The molecule has 1 aromatic rings. The second-order valence-electron chi connectivity index (χ2n) is 2.35. The molecule has 0 unspecified atom stereocenters. The number of nitrogens with zero attached hydrogens (tertiary/aromatic N) is 1. The van der Waals surface area contributed by atoms with Gasteiger partial charge in [-0.25, -0.2) is 4.98 Å². The molecule has 0 amide bonds. The molecule has 1 aromatic heterocycles. The second-order valence-corrected chi connectivity index (χ2v) is 2.91. The third kappa shape index (κ3) is 2.42. The van der Waals surface area contributed by atoms with Gasteiger partial charge in [0.05, 0.1) is 5.33 Å². The lowest BCUT2D eigenvalue weighted by Crippen LogP contribution is -2.02. The SMILES string of the molecule is Br.Cc1nc(C(=O)CBr)c(C)[nH]1. The van der Waals surface area contributed by atoms with Crippen LogP contribution in [-0.2, 0) is 0 Å². The van der Waals surface area contributed by atoms with E-state index in [1.165, 1.54) is 0 Å². The fourth-order valence-electron chi connectivity index (χ4n) is 0.945. The molecule has 0 saturated carbocycles. The van der Waals surface area contributed by atoms with E-state index in [-0.39, 0.29) is 22.8 Å². The maximum atomic E-state index is 11.1. The Bertz CT molecular complexity index is 283. The number of imidazole rings is 1. The van der Waals surface area contributed by atoms with Crippen LogP contribution in [0.25, 0.3) is 0 Å². The molecule has 5 heteroatoms. The van der Waals surface area contributed by atoms with Crippen molar-refractivity contribution in [2.24, 2.45) is 0 Å². The summed E-state index contributed by atoms with van der Waals surface area (Å²) in [5.41, 5.74) is 1.38. The zero-order chi connectivity index (χ0) is 8.43. The predicted octanol–water partition coefficient (Wildman–Crippen LogP) is 2.18. The van der Waals surface area contributed by atoms with Gasteiger partial charge >= 0.3 is 0 Å². The van der Waals surface area contributed by atoms with Gasteiger partial charge in [0.2, 0.25) is 0 Å². The molecule has 0 bridgehead atoms. The van der Waals surface area contributed by atoms with Gasteiger partial charge in [-0.15, -0.1) is 17.0 Å². The molecule has 3 nitrogen and oxygen atoms in total. The highest BCUT2D eigenvalue weighted by Crippen LogP contribution is 2.06. The van der Waals surface area contributed by atoms with Crippen molar-refractivity contribution in [1.82, 2.24) is 9.97 Å². The fraction of sp³-hybridized carbons (Fsp3) is 0.429. The molecule has 1 heterocycles. The summed E-state index contributed by atoms with van der Waals surface area (Å²) in [6.07, 6.45) is 0. The normalized spacial score (nSPS) is 9.25. The first kappa shape index (κ1) is 11.8. The average Bonchev–Trinajstić information content (AvgIpc) is 2.28. The molecule has 68 valence electrons. The predicted molar refractivity (Wildman–Crippen MR) is 56.5 cm³/mol. The number of H-pyrrole nitrogens is 1. The van der Waals surface area contributed by atoms with E-state index in [2.05, 4.69) is 25.9 Å². The molecule has 1 rings (SSSR count). The van der Waals surface area contributed by atoms with E-state index in [4.69, 9.17) is 0 Å². The van der Waals surface area contributed by atoms with Gasteiger partial charge in [-0.1, -0.05) is 15.9 Å². The Morgan fingerprint density at radius 3 is 2.50 bits per heavy atom. The number of nitrogens with one attached hydrogen (secondary N) is 1. The van der Waals surface area contributed by atoms with Crippen LogP contribution in [0.3, 0.4) is 0 Å². The lowest BCUT2D eigenvalue weighted by Gasteiger charge is -1.89. The highest BCUT2D eigenvalue weighted by Gasteiger charge is 2.10. The van der Waals surface area contributed by atoms with Crippen LogP contribution in [-0.4, -0.2) is 21.1 Å². The Morgan fingerprint density at radius 2 is 2.17 bits per heavy atom. The number of alkyl halides is 1. The summed E-state index contributed by atoms with van der Waals surface area (Å²) in [5, 5.41) is 0.331. The van der Waals surface area contributed by atoms with E-state index in [0.717, 1.165) is 11.5 Å². The van der Waals surface area contributed by atoms with E-state index in [1.54, 1.807) is 0 Å². The van der Waals surface area contributed by atoms with Crippen LogP contribution in [0, 0.1) is 13.8 Å². The highest BCUT2D eigenvalue weighted by atomic mass is 79.9. The average molecular weight is 298 g/mol. The van der Waals surface area contributed by atoms with Crippen molar-refractivity contribution in [3.8, 4) is 0 Å². The van der Waals surface area contributed by atoms with Crippen LogP contribution in [0.5, 0.6) is 0 Å². The van der Waals surface area contributed by atoms with Crippen LogP contribution in [0.1, 0.15) is 22.0 Å². The van der Waals surface area contributed by atoms with Gasteiger partial charge in [0, 0.05) is 5.69 Å². The van der Waals surface area contributed by atoms with Gasteiger partial charge in [-0.3, -0.25) is 4.79 Å². The van der Waals surface area contributed by atoms with Crippen molar-refractivity contribution in [2.45, 2.75) is 13.8 Å². The van der Waals surface area contributed by atoms with E-state index in [0.29, 0.717) is 11.0 Å². The standard InChI is InChI=1S/C7H9BrN2O.BrH/c1-4-7(6(11)3-8)10-5(2)9-4;/h3H2,1-2H3,(H,9,10);1H. The number of halogens is 2. The van der Waals surface area contributed by atoms with Gasteiger partial charge in [-0.2, -0.15) is 0 Å². The van der Waals surface area contributed by atoms with Crippen molar-refractivity contribution in [3.63, 3.8) is 0 Å². The summed E-state index contributed by atoms with van der Waals surface area (Å²) < 4.78 is 0. The summed E-state index contributed by atoms with van der Waals surface area (Å²) >= 11 is 3.09. The smallest absolute Gasteiger partial charge is 0.193 e. The Morgan fingerprint density at radius 1 is 1.58 bits per heavy atom. The first-order chi connectivity index (χ1) is 5.15. The van der Waals surface area contributed by atoms with Crippen LogP contribution >= 0.6 is 32.9 Å². The second kappa shape index (κ2) is 4.77. The molecule has 0 radical (unpaired) electrons. The van der Waals surface area contributed by atoms with Crippen molar-refractivity contribution in [3.05, 3.63) is 17.2 Å². The lowest BCUT2D eigenvalue weighted by atomic mass is 10.3. The molecular formula is C7H10Br2N2O. The topological polar surface area (TPSA) is 45.8 Å². The molecule has 0 aromatic carbocycles. The summed E-state index contributed by atoms with van der Waals surface area (Å²) in [7, 11) is 0. The Balaban J connectivity index is 0.00000121. The number of Topliss-reactive ketones (excluding diaryl/α,β-unsaturated/α-hetero) is 1. The first-order valence-electron chi connectivity index (χ1n) is 3.27. The molecular weight excluding hydrogens is 288 g/mol. The van der Waals surface area contributed by atoms with E-state index >= 15 is 0 Å². The number of aromatic nitrogens is 2. The van der Waals surface area contributed by atoms with Gasteiger partial charge < -0.3 is 4.98 Å². The Kier molecular flexibility index (Phi) is 4.70. The monoisotopic (exact) mass is 296 g/mol. The van der Waals surface area contributed by atoms with Crippen LogP contribution in [0.4, 0.5) is 0 Å². The number of aromatic amines is 1. The zero-order valence-corrected chi connectivity index (χ0v) is 10.1. The summed E-state index contributed by atoms with van der Waals surface area (Å²) in [5.74, 6) is 0.804. The van der Waals surface area contributed by atoms with E-state index in [9.17, 15) is 4.79 Å². The quantitative estimate of drug-likeness (QED) is 0.672. The van der Waals surface area contributed by atoms with Gasteiger partial charge in [0.15, 0.2) is 5.78 Å². The summed E-state index contributed by atoms with van der Waals surface area (Å²) in [6.45, 7) is 3.67. The van der Waals surface area contributed by atoms with Crippen LogP contribution < -0.4 is 0 Å². The molecule has 1 N–H and O–H groups in total. The van der Waals surface area contributed by atoms with Gasteiger partial charge in [0.1, 0.15) is 11.5 Å². The largest absolute Gasteiger partial charge is 0.346 e. The number of ketones is 1. The Labute approximate surface area is 89.9 Å². The lowest BCUT2D eigenvalue weighted by molar-refractivity contribution is 0.101. The number of hydrogen-bond acceptors (Lipinski definition) is 2. The third-order valence-electron chi connectivity index (χ3n) is 1.39. The molecule has 0 spiro atoms. The number of hydrogen-bond donors (Lipinski definition) is 1. The molecule has 0 saturated heterocycles. The minimum Gasteiger partial charge on any atom is -0.346 e. The van der Waals surface area contributed by atoms with Gasteiger partial charge in [0.25, 0.3) is 0 Å². The number of rotatable bonds is 2. The maximum Gasteiger partial charge on any atom is 0.193 e. The van der Waals surface area contributed by atoms with Crippen LogP contribution in [0.15, 0.2) is 0 Å². The highest BCUT2D eigenvalue weighted by molar-refractivity contribution is 9.09. The molecule has 12 heavy (non-hydrogen) atoms. The van der Waals surface area contributed by atoms with Gasteiger partial charge in [-0.05, 0) is 13.8 Å². The Hall–Kier alpha value is -0.160. The summed E-state index contributed by atoms with van der Waals surface area (Å²) in [4.78, 5) is 18.1. The van der Waals surface area contributed by atoms with E-state index in [1.807, 2.05) is 13.8 Å². The minimum absolute atomic E-state index is 0. The number of aryl methyl sites for hydroxylation is 2. The molecule has 0 fully saturated rings. The maximum absolute atomic E-state index is 11.1. The third-order valence-corrected chi connectivity index (χ3v) is 1.90. The molecule has 0 aliphatic rings. The van der Waals surface area contributed by atoms with Crippen molar-refractivity contribution < 1.29 is 4.79 Å². The fourth-order valence-corrected chi connectivity index (χ4v) is 1.21.